The molecule has 0 aliphatic rings. The highest BCUT2D eigenvalue weighted by Crippen LogP contribution is 2.21. The van der Waals surface area contributed by atoms with Gasteiger partial charge in [0, 0.05) is 0 Å². The minimum atomic E-state index is -0.706. The van der Waals surface area contributed by atoms with E-state index in [1.165, 1.54) is 64.2 Å². The Morgan fingerprint density at radius 2 is 1.18 bits per heavy atom. The molecule has 0 aromatic rings. The minimum absolute atomic E-state index is 0.134. The Labute approximate surface area is 273 Å². The number of aliphatic carboxylic acids is 1. The summed E-state index contributed by atoms with van der Waals surface area (Å²) in [6, 6.07) is 0. The zero-order valence-corrected chi connectivity index (χ0v) is 30.6. The average molecular weight is 650 g/mol. The highest BCUT2D eigenvalue weighted by atomic mass is 32.2. The number of thioether (sulfide) groups is 1. The molecule has 2 N–H and O–H groups in total. The van der Waals surface area contributed by atoms with Gasteiger partial charge in [-0.15, -0.1) is 0 Å². The molecule has 0 bridgehead atoms. The number of esters is 2. The molecular formula is C34H67NO8S. The van der Waals surface area contributed by atoms with Gasteiger partial charge < -0.3 is 24.6 Å². The average Bonchev–Trinajstić information content (AvgIpc) is 3.00. The van der Waals surface area contributed by atoms with E-state index >= 15 is 0 Å². The number of methoxy groups -OCH3 is 1. The van der Waals surface area contributed by atoms with E-state index in [1.54, 1.807) is 6.92 Å². The van der Waals surface area contributed by atoms with E-state index in [0.29, 0.717) is 6.61 Å². The van der Waals surface area contributed by atoms with Crippen molar-refractivity contribution in [1.29, 1.82) is 0 Å². The number of rotatable bonds is 22. The Morgan fingerprint density at radius 1 is 0.727 bits per heavy atom. The second-order valence-corrected chi connectivity index (χ2v) is 13.3. The zero-order valence-electron chi connectivity index (χ0n) is 29.8. The van der Waals surface area contributed by atoms with Gasteiger partial charge in [0.1, 0.15) is 6.61 Å². The van der Waals surface area contributed by atoms with Gasteiger partial charge in [0.15, 0.2) is 0 Å². The van der Waals surface area contributed by atoms with Gasteiger partial charge in [0.2, 0.25) is 0 Å². The smallest absolute Gasteiger partial charge is 0.407 e. The summed E-state index contributed by atoms with van der Waals surface area (Å²) in [4.78, 5) is 44.1. The molecule has 0 heterocycles. The maximum Gasteiger partial charge on any atom is 0.407 e. The maximum atomic E-state index is 11.8. The number of nitrogens with one attached hydrogen (secondary N) is 1. The van der Waals surface area contributed by atoms with E-state index < -0.39 is 17.5 Å². The molecule has 0 saturated carbocycles. The van der Waals surface area contributed by atoms with Crippen LogP contribution in [0.4, 0.5) is 4.79 Å². The standard InChI is InChI=1S/C22H43NO4S.C7H14O2.C5H10O2/c1-5-22(2,3)20(24)26-18-16-23-21(25)27-17-14-12-10-8-6-7-9-11-13-15-19-28-4;1-5-7(2,3)6(8)9-4;1-3-4(2)5(6)7/h5-19H2,1-4H3,(H,23,25);5H2,1-4H3;4H,3H2,1-2H3,(H,6,7). The third-order valence-electron chi connectivity index (χ3n) is 7.67. The lowest BCUT2D eigenvalue weighted by atomic mass is 9.91. The lowest BCUT2D eigenvalue weighted by molar-refractivity contribution is -0.154. The molecule has 262 valence electrons. The molecule has 44 heavy (non-hydrogen) atoms. The number of carboxylic acid groups (broad SMARTS) is 1. The fourth-order valence-corrected chi connectivity index (χ4v) is 3.70. The van der Waals surface area contributed by atoms with E-state index in [4.69, 9.17) is 14.6 Å². The van der Waals surface area contributed by atoms with Crippen LogP contribution in [0.2, 0.25) is 0 Å². The third kappa shape index (κ3) is 28.8. The predicted octanol–water partition coefficient (Wildman–Crippen LogP) is 8.67. The van der Waals surface area contributed by atoms with Crippen LogP contribution in [0.25, 0.3) is 0 Å². The predicted molar refractivity (Wildman–Crippen MR) is 182 cm³/mol. The largest absolute Gasteiger partial charge is 0.481 e. The Bertz CT molecular complexity index is 743. The first-order valence-corrected chi connectivity index (χ1v) is 17.9. The van der Waals surface area contributed by atoms with Crippen LogP contribution in [-0.2, 0) is 28.6 Å². The normalized spacial score (nSPS) is 11.6. The first kappa shape index (κ1) is 46.4. The molecule has 0 fully saturated rings. The summed E-state index contributed by atoms with van der Waals surface area (Å²) < 4.78 is 14.9. The summed E-state index contributed by atoms with van der Waals surface area (Å²) in [6.45, 7) is 15.8. The summed E-state index contributed by atoms with van der Waals surface area (Å²) in [6.07, 6.45) is 16.6. The van der Waals surface area contributed by atoms with E-state index in [0.717, 1.165) is 32.1 Å². The van der Waals surface area contributed by atoms with Crippen LogP contribution in [0, 0.1) is 16.7 Å². The summed E-state index contributed by atoms with van der Waals surface area (Å²) >= 11 is 1.94. The van der Waals surface area contributed by atoms with E-state index in [9.17, 15) is 19.2 Å². The van der Waals surface area contributed by atoms with Crippen molar-refractivity contribution in [1.82, 2.24) is 5.32 Å². The maximum absolute atomic E-state index is 11.8. The molecule has 1 amide bonds. The first-order valence-electron chi connectivity index (χ1n) is 16.5. The van der Waals surface area contributed by atoms with Crippen LogP contribution < -0.4 is 5.32 Å². The molecule has 0 radical (unpaired) electrons. The number of ether oxygens (including phenoxy) is 3. The summed E-state index contributed by atoms with van der Waals surface area (Å²) in [5.41, 5.74) is -0.789. The molecule has 0 saturated heterocycles. The summed E-state index contributed by atoms with van der Waals surface area (Å²) in [5, 5.41) is 10.8. The molecular weight excluding hydrogens is 582 g/mol. The Hall–Kier alpha value is -1.97. The molecule has 0 spiro atoms. The number of alkyl carbamates (subject to hydrolysis) is 1. The number of carbonyl (C=O) groups is 4. The zero-order chi connectivity index (χ0) is 34.4. The van der Waals surface area contributed by atoms with Crippen LogP contribution in [0.1, 0.15) is 139 Å². The Kier molecular flexibility index (Phi) is 31.4. The third-order valence-corrected chi connectivity index (χ3v) is 8.37. The molecule has 0 aromatic heterocycles. The van der Waals surface area contributed by atoms with Gasteiger partial charge in [-0.25, -0.2) is 4.79 Å². The van der Waals surface area contributed by atoms with Crippen molar-refractivity contribution in [3.8, 4) is 0 Å². The highest BCUT2D eigenvalue weighted by Gasteiger charge is 2.27. The number of hydrogen-bond donors (Lipinski definition) is 2. The molecule has 9 nitrogen and oxygen atoms in total. The summed E-state index contributed by atoms with van der Waals surface area (Å²) in [5.74, 6) is 0.0402. The molecule has 0 rings (SSSR count). The second kappa shape index (κ2) is 29.7. The van der Waals surface area contributed by atoms with Crippen molar-refractivity contribution >= 4 is 35.8 Å². The first-order chi connectivity index (χ1) is 20.7. The lowest BCUT2D eigenvalue weighted by Gasteiger charge is -2.20. The lowest BCUT2D eigenvalue weighted by Crippen LogP contribution is -2.32. The molecule has 0 aromatic carbocycles. The second-order valence-electron chi connectivity index (χ2n) is 12.3. The highest BCUT2D eigenvalue weighted by molar-refractivity contribution is 7.98. The number of hydrogen-bond acceptors (Lipinski definition) is 8. The van der Waals surface area contributed by atoms with Crippen LogP contribution in [0.5, 0.6) is 0 Å². The van der Waals surface area contributed by atoms with Crippen molar-refractivity contribution in [2.24, 2.45) is 16.7 Å². The van der Waals surface area contributed by atoms with Gasteiger partial charge >= 0.3 is 24.0 Å². The van der Waals surface area contributed by atoms with Crippen LogP contribution in [0.3, 0.4) is 0 Å². The van der Waals surface area contributed by atoms with Crippen molar-refractivity contribution in [2.45, 2.75) is 139 Å². The van der Waals surface area contributed by atoms with Gasteiger partial charge in [-0.1, -0.05) is 79.1 Å². The van der Waals surface area contributed by atoms with Gasteiger partial charge in [0.05, 0.1) is 37.0 Å². The number of amides is 1. The molecule has 1 atom stereocenters. The number of carboxylic acids is 1. The topological polar surface area (TPSA) is 128 Å². The quantitative estimate of drug-likeness (QED) is 0.0672. The van der Waals surface area contributed by atoms with Crippen molar-refractivity contribution in [3.05, 3.63) is 0 Å². The van der Waals surface area contributed by atoms with Crippen molar-refractivity contribution in [2.75, 3.05) is 38.9 Å². The molecule has 0 aliphatic carbocycles. The van der Waals surface area contributed by atoms with Crippen LogP contribution in [0.15, 0.2) is 0 Å². The Balaban J connectivity index is -0.000000852. The molecule has 0 aliphatic heterocycles. The monoisotopic (exact) mass is 649 g/mol. The van der Waals surface area contributed by atoms with Gasteiger partial charge in [-0.2, -0.15) is 11.8 Å². The fourth-order valence-electron chi connectivity index (χ4n) is 3.21. The van der Waals surface area contributed by atoms with Crippen LogP contribution in [-0.4, -0.2) is 68.0 Å². The van der Waals surface area contributed by atoms with Crippen molar-refractivity contribution < 1.29 is 38.5 Å². The van der Waals surface area contributed by atoms with Gasteiger partial charge in [-0.05, 0) is 71.8 Å². The van der Waals surface area contributed by atoms with E-state index in [2.05, 4.69) is 16.3 Å². The van der Waals surface area contributed by atoms with Crippen LogP contribution >= 0.6 is 11.8 Å². The van der Waals surface area contributed by atoms with Gasteiger partial charge in [0.25, 0.3) is 0 Å². The number of unbranched alkanes of at least 4 members (excludes halogenated alkanes) is 9. The SMILES string of the molecule is CCC(C)(C)C(=O)OC.CCC(C)(C)C(=O)OCCNC(=O)OCCCCCCCCCCCCSC.CCC(C)C(=O)O. The molecule has 10 heteroatoms. The van der Waals surface area contributed by atoms with E-state index in [-0.39, 0.29) is 36.4 Å². The van der Waals surface area contributed by atoms with E-state index in [1.807, 2.05) is 60.2 Å². The minimum Gasteiger partial charge on any atom is -0.481 e. The number of carbonyl (C=O) groups excluding carboxylic acids is 3. The summed E-state index contributed by atoms with van der Waals surface area (Å²) in [7, 11) is 1.42. The van der Waals surface area contributed by atoms with Crippen molar-refractivity contribution in [3.63, 3.8) is 0 Å². The molecule has 1 unspecified atom stereocenters. The van der Waals surface area contributed by atoms with Gasteiger partial charge in [-0.3, -0.25) is 14.4 Å². The fraction of sp³-hybridized carbons (Fsp3) is 0.882. The Morgan fingerprint density at radius 3 is 1.55 bits per heavy atom.